The van der Waals surface area contributed by atoms with Gasteiger partial charge < -0.3 is 25.3 Å². The van der Waals surface area contributed by atoms with E-state index in [2.05, 4.69) is 5.32 Å². The Kier molecular flexibility index (Phi) is 7.37. The maximum Gasteiger partial charge on any atom is 0.408 e. The molecule has 3 rings (SSSR count). The van der Waals surface area contributed by atoms with E-state index in [1.165, 1.54) is 6.92 Å². The summed E-state index contributed by atoms with van der Waals surface area (Å²) in [6, 6.07) is 12.0. The summed E-state index contributed by atoms with van der Waals surface area (Å²) in [6.45, 7) is 4.99. The van der Waals surface area contributed by atoms with Crippen LogP contribution >= 0.6 is 0 Å². The largest absolute Gasteiger partial charge is 0.487 e. The summed E-state index contributed by atoms with van der Waals surface area (Å²) in [5.74, 6) is -0.121. The second-order valence-corrected chi connectivity index (χ2v) is 8.38. The van der Waals surface area contributed by atoms with Crippen molar-refractivity contribution in [2.24, 2.45) is 0 Å². The van der Waals surface area contributed by atoms with Gasteiger partial charge in [-0.2, -0.15) is 0 Å². The number of nitrogens with two attached hydrogens (primary N) is 1. The maximum atomic E-state index is 12.6. The Hall–Kier alpha value is -3.81. The van der Waals surface area contributed by atoms with Gasteiger partial charge >= 0.3 is 12.1 Å². The van der Waals surface area contributed by atoms with Crippen LogP contribution < -0.4 is 15.8 Å². The molecule has 0 spiro atoms. The molecule has 1 aliphatic rings. The van der Waals surface area contributed by atoms with Gasteiger partial charge in [0.1, 0.15) is 24.6 Å². The minimum atomic E-state index is -0.668. The Bertz CT molecular complexity index is 1060. The molecule has 0 aliphatic carbocycles. The molecule has 1 atom stereocenters. The summed E-state index contributed by atoms with van der Waals surface area (Å²) in [7, 11) is 0. The van der Waals surface area contributed by atoms with Crippen LogP contribution in [0.3, 0.4) is 0 Å². The molecule has 0 saturated heterocycles. The van der Waals surface area contributed by atoms with Gasteiger partial charge in [0.05, 0.1) is 23.7 Å². The van der Waals surface area contributed by atoms with Crippen molar-refractivity contribution in [1.82, 2.24) is 5.32 Å². The molecule has 0 radical (unpaired) electrons. The van der Waals surface area contributed by atoms with Crippen LogP contribution in [-0.4, -0.2) is 36.1 Å². The van der Waals surface area contributed by atoms with E-state index < -0.39 is 23.7 Å². The summed E-state index contributed by atoms with van der Waals surface area (Å²) in [6.07, 6.45) is 2.85. The molecule has 2 aromatic carbocycles. The second kappa shape index (κ2) is 10.2. The number of nitrogens with one attached hydrogen (secondary N) is 1. The zero-order valence-electron chi connectivity index (χ0n) is 18.9. The van der Waals surface area contributed by atoms with Crippen LogP contribution in [0.1, 0.15) is 48.7 Å². The highest BCUT2D eigenvalue weighted by molar-refractivity contribution is 6.06. The monoisotopic (exact) mass is 452 g/mol. The fourth-order valence-corrected chi connectivity index (χ4v) is 3.43. The van der Waals surface area contributed by atoms with Crippen molar-refractivity contribution in [2.75, 3.05) is 12.3 Å². The zero-order chi connectivity index (χ0) is 24.0. The number of ether oxygens (including phenoxy) is 3. The Labute approximate surface area is 192 Å². The van der Waals surface area contributed by atoms with Gasteiger partial charge in [0, 0.05) is 6.92 Å². The summed E-state index contributed by atoms with van der Waals surface area (Å²) >= 11 is 0. The van der Waals surface area contributed by atoms with Crippen molar-refractivity contribution in [1.29, 1.82) is 0 Å². The van der Waals surface area contributed by atoms with Crippen LogP contribution in [0, 0.1) is 0 Å². The Balaban J connectivity index is 1.72. The van der Waals surface area contributed by atoms with Gasteiger partial charge in [0.25, 0.3) is 0 Å². The van der Waals surface area contributed by atoms with E-state index in [9.17, 15) is 14.4 Å². The number of rotatable bonds is 7. The average Bonchev–Trinajstić information content (AvgIpc) is 2.74. The minimum Gasteiger partial charge on any atom is -0.487 e. The van der Waals surface area contributed by atoms with Crippen molar-refractivity contribution in [3.8, 4) is 5.75 Å². The van der Waals surface area contributed by atoms with Gasteiger partial charge in [0.2, 0.25) is 0 Å². The van der Waals surface area contributed by atoms with Crippen molar-refractivity contribution in [2.45, 2.75) is 45.4 Å². The van der Waals surface area contributed by atoms with Crippen molar-refractivity contribution in [3.63, 3.8) is 0 Å². The highest BCUT2D eigenvalue weighted by atomic mass is 16.6. The smallest absolute Gasteiger partial charge is 0.408 e. The number of alkyl carbamates (subject to hydrolysis) is 1. The first kappa shape index (κ1) is 23.8. The van der Waals surface area contributed by atoms with E-state index in [-0.39, 0.29) is 25.4 Å². The fourth-order valence-electron chi connectivity index (χ4n) is 3.43. The molecule has 0 fully saturated rings. The number of amides is 1. The molecule has 1 aliphatic heterocycles. The summed E-state index contributed by atoms with van der Waals surface area (Å²) in [5.41, 5.74) is 7.73. The molecular weight excluding hydrogens is 424 g/mol. The number of ketones is 1. The standard InChI is InChI=1S/C25H28N2O6/c1-16(28)31-15-19(27-24(30)32-14-17-7-5-4-6-8-17)11-9-18-10-12-21-22(23(18)26)20(29)13-25(2,3)33-21/h4-12,19H,13-15,26H2,1-3H3,(H,27,30). The lowest BCUT2D eigenvalue weighted by molar-refractivity contribution is -0.141. The predicted octanol–water partition coefficient (Wildman–Crippen LogP) is 3.88. The number of carbonyl (C=O) groups excluding carboxylic acids is 3. The van der Waals surface area contributed by atoms with E-state index in [0.717, 1.165) is 5.56 Å². The van der Waals surface area contributed by atoms with Gasteiger partial charge in [-0.1, -0.05) is 42.5 Å². The van der Waals surface area contributed by atoms with Crippen LogP contribution in [0.5, 0.6) is 5.75 Å². The van der Waals surface area contributed by atoms with E-state index in [1.54, 1.807) is 24.3 Å². The molecule has 8 heteroatoms. The van der Waals surface area contributed by atoms with Crippen LogP contribution in [-0.2, 0) is 20.9 Å². The Morgan fingerprint density at radius 3 is 2.61 bits per heavy atom. The highest BCUT2D eigenvalue weighted by Crippen LogP contribution is 2.38. The molecule has 0 bridgehead atoms. The van der Waals surface area contributed by atoms with Gasteiger partial charge in [-0.05, 0) is 37.1 Å². The number of nitrogen functional groups attached to an aromatic ring is 1. The second-order valence-electron chi connectivity index (χ2n) is 8.38. The maximum absolute atomic E-state index is 12.6. The third kappa shape index (κ3) is 6.58. The molecule has 1 unspecified atom stereocenters. The summed E-state index contributed by atoms with van der Waals surface area (Å²) < 4.78 is 16.2. The zero-order valence-corrected chi connectivity index (χ0v) is 18.9. The van der Waals surface area contributed by atoms with Crippen molar-refractivity contribution in [3.05, 3.63) is 65.2 Å². The SMILES string of the molecule is CC(=O)OCC(C=Cc1ccc2c(c1N)C(=O)CC(C)(C)O2)NC(=O)OCc1ccccc1. The van der Waals surface area contributed by atoms with Crippen molar-refractivity contribution < 1.29 is 28.6 Å². The highest BCUT2D eigenvalue weighted by Gasteiger charge is 2.34. The van der Waals surface area contributed by atoms with E-state index in [4.69, 9.17) is 19.9 Å². The number of carbonyl (C=O) groups is 3. The number of hydrogen-bond acceptors (Lipinski definition) is 7. The lowest BCUT2D eigenvalue weighted by atomic mass is 9.90. The lowest BCUT2D eigenvalue weighted by Crippen LogP contribution is -2.37. The van der Waals surface area contributed by atoms with Crippen LogP contribution in [0.25, 0.3) is 6.08 Å². The Morgan fingerprint density at radius 2 is 1.91 bits per heavy atom. The quantitative estimate of drug-likeness (QED) is 0.483. The molecule has 3 N–H and O–H groups in total. The minimum absolute atomic E-state index is 0.0897. The van der Waals surface area contributed by atoms with E-state index in [0.29, 0.717) is 22.6 Å². The molecular formula is C25H28N2O6. The first-order valence-electron chi connectivity index (χ1n) is 10.6. The number of fused-ring (bicyclic) bond motifs is 1. The van der Waals surface area contributed by atoms with Crippen LogP contribution in [0.15, 0.2) is 48.5 Å². The number of anilines is 1. The molecule has 1 heterocycles. The topological polar surface area (TPSA) is 117 Å². The molecule has 1 amide bonds. The molecule has 0 saturated carbocycles. The number of benzene rings is 2. The third-order valence-electron chi connectivity index (χ3n) is 4.98. The first-order valence-corrected chi connectivity index (χ1v) is 10.6. The number of hydrogen-bond donors (Lipinski definition) is 2. The first-order chi connectivity index (χ1) is 15.6. The predicted molar refractivity (Wildman–Crippen MR) is 124 cm³/mol. The van der Waals surface area contributed by atoms with Crippen molar-refractivity contribution >= 4 is 29.6 Å². The molecule has 8 nitrogen and oxygen atoms in total. The van der Waals surface area contributed by atoms with Gasteiger partial charge in [-0.25, -0.2) is 4.79 Å². The van der Waals surface area contributed by atoms with E-state index >= 15 is 0 Å². The van der Waals surface area contributed by atoms with Crippen LogP contribution in [0.4, 0.5) is 10.5 Å². The number of esters is 1. The molecule has 174 valence electrons. The molecule has 33 heavy (non-hydrogen) atoms. The van der Waals surface area contributed by atoms with E-state index in [1.807, 2.05) is 44.2 Å². The lowest BCUT2D eigenvalue weighted by Gasteiger charge is -2.32. The average molecular weight is 453 g/mol. The Morgan fingerprint density at radius 1 is 1.18 bits per heavy atom. The third-order valence-corrected chi connectivity index (χ3v) is 4.98. The number of Topliss-reactive ketones (excluding diaryl/α,β-unsaturated/α-hetero) is 1. The van der Waals surface area contributed by atoms with Gasteiger partial charge in [-0.15, -0.1) is 0 Å². The van der Waals surface area contributed by atoms with Crippen LogP contribution in [0.2, 0.25) is 0 Å². The summed E-state index contributed by atoms with van der Waals surface area (Å²) in [4.78, 5) is 36.1. The fraction of sp³-hybridized carbons (Fsp3) is 0.320. The normalized spacial score (nSPS) is 15.3. The van der Waals surface area contributed by atoms with Gasteiger partial charge in [0.15, 0.2) is 5.78 Å². The van der Waals surface area contributed by atoms with Gasteiger partial charge in [-0.3, -0.25) is 9.59 Å². The molecule has 2 aromatic rings. The molecule has 0 aromatic heterocycles. The summed E-state index contributed by atoms with van der Waals surface area (Å²) in [5, 5.41) is 2.66.